The van der Waals surface area contributed by atoms with Crippen molar-refractivity contribution in [2.75, 3.05) is 13.2 Å². The molecule has 0 aliphatic rings. The van der Waals surface area contributed by atoms with Crippen molar-refractivity contribution in [1.82, 2.24) is 10.5 Å². The molecule has 0 bridgehead atoms. The normalized spacial score (nSPS) is 10.1. The predicted octanol–water partition coefficient (Wildman–Crippen LogP) is 1.77. The first-order valence-electron chi connectivity index (χ1n) is 6.27. The van der Waals surface area contributed by atoms with Crippen molar-refractivity contribution in [2.24, 2.45) is 0 Å². The van der Waals surface area contributed by atoms with Crippen molar-refractivity contribution in [3.05, 3.63) is 41.8 Å². The molecular weight excluding hydrogens is 279 g/mol. The Bertz CT molecular complexity index is 610. The van der Waals surface area contributed by atoms with E-state index in [2.05, 4.69) is 15.2 Å². The number of hydrogen-bond donors (Lipinski definition) is 1. The summed E-state index contributed by atoms with van der Waals surface area (Å²) in [4.78, 5) is 21.7. The number of halogens is 1. The highest BCUT2D eigenvalue weighted by Crippen LogP contribution is 2.20. The van der Waals surface area contributed by atoms with Gasteiger partial charge in [0, 0.05) is 18.2 Å². The van der Waals surface area contributed by atoms with E-state index in [-0.39, 0.29) is 18.1 Å². The second-order valence-corrected chi connectivity index (χ2v) is 4.16. The van der Waals surface area contributed by atoms with Crippen LogP contribution in [0.4, 0.5) is 4.39 Å². The van der Waals surface area contributed by atoms with Crippen molar-refractivity contribution in [3.8, 4) is 11.3 Å². The number of nitrogens with one attached hydrogen (secondary N) is 1. The van der Waals surface area contributed by atoms with Gasteiger partial charge in [0.25, 0.3) is 12.4 Å². The Morgan fingerprint density at radius 2 is 2.14 bits per heavy atom. The molecule has 1 N–H and O–H groups in total. The molecular formula is C14H13FN2O4. The highest BCUT2D eigenvalue weighted by molar-refractivity contribution is 5.93. The molecule has 1 heterocycles. The van der Waals surface area contributed by atoms with Crippen LogP contribution in [0.1, 0.15) is 16.9 Å². The van der Waals surface area contributed by atoms with E-state index in [1.807, 2.05) is 0 Å². The Morgan fingerprint density at radius 1 is 1.38 bits per heavy atom. The maximum atomic E-state index is 12.8. The van der Waals surface area contributed by atoms with Crippen LogP contribution in [0.25, 0.3) is 11.3 Å². The van der Waals surface area contributed by atoms with Crippen LogP contribution in [0.5, 0.6) is 0 Å². The molecule has 0 spiro atoms. The number of hydrogen-bond acceptors (Lipinski definition) is 5. The fraction of sp³-hybridized carbons (Fsp3) is 0.214. The smallest absolute Gasteiger partial charge is 0.293 e. The van der Waals surface area contributed by atoms with Crippen LogP contribution in [0.2, 0.25) is 0 Å². The highest BCUT2D eigenvalue weighted by atomic mass is 19.1. The number of ether oxygens (including phenoxy) is 1. The van der Waals surface area contributed by atoms with Gasteiger partial charge in [-0.1, -0.05) is 5.16 Å². The molecule has 7 heteroatoms. The van der Waals surface area contributed by atoms with Gasteiger partial charge in [-0.25, -0.2) is 4.39 Å². The minimum atomic E-state index is -0.391. The Kier molecular flexibility index (Phi) is 5.03. The summed E-state index contributed by atoms with van der Waals surface area (Å²) in [5.41, 5.74) is 0.757. The van der Waals surface area contributed by atoms with Crippen molar-refractivity contribution >= 4 is 12.4 Å². The van der Waals surface area contributed by atoms with Crippen molar-refractivity contribution in [3.63, 3.8) is 0 Å². The summed E-state index contributed by atoms with van der Waals surface area (Å²) in [5, 5.41) is 6.28. The van der Waals surface area contributed by atoms with Gasteiger partial charge in [0.05, 0.1) is 6.61 Å². The summed E-state index contributed by atoms with van der Waals surface area (Å²) >= 11 is 0. The maximum Gasteiger partial charge on any atom is 0.293 e. The first-order chi connectivity index (χ1) is 10.2. The molecule has 1 aromatic carbocycles. The van der Waals surface area contributed by atoms with Crippen LogP contribution in [0.15, 0.2) is 34.9 Å². The van der Waals surface area contributed by atoms with E-state index in [0.29, 0.717) is 30.8 Å². The average Bonchev–Trinajstić information content (AvgIpc) is 2.97. The molecule has 0 aliphatic heterocycles. The predicted molar refractivity (Wildman–Crippen MR) is 70.9 cm³/mol. The minimum absolute atomic E-state index is 0.130. The molecule has 1 aromatic heterocycles. The molecule has 0 fully saturated rings. The fourth-order valence-corrected chi connectivity index (χ4v) is 1.63. The number of amides is 1. The lowest BCUT2D eigenvalue weighted by atomic mass is 10.1. The molecule has 2 aromatic rings. The van der Waals surface area contributed by atoms with Crippen LogP contribution < -0.4 is 5.32 Å². The summed E-state index contributed by atoms with van der Waals surface area (Å²) in [6.07, 6.45) is 0.507. The lowest BCUT2D eigenvalue weighted by Gasteiger charge is -2.01. The molecule has 0 unspecified atom stereocenters. The molecule has 0 radical (unpaired) electrons. The van der Waals surface area contributed by atoms with Gasteiger partial charge < -0.3 is 14.6 Å². The zero-order valence-electron chi connectivity index (χ0n) is 11.0. The summed E-state index contributed by atoms with van der Waals surface area (Å²) in [7, 11) is 0. The van der Waals surface area contributed by atoms with Crippen LogP contribution >= 0.6 is 0 Å². The molecule has 110 valence electrons. The van der Waals surface area contributed by atoms with Crippen molar-refractivity contribution in [2.45, 2.75) is 6.42 Å². The summed E-state index contributed by atoms with van der Waals surface area (Å²) in [5.74, 6) is -0.364. The van der Waals surface area contributed by atoms with Crippen LogP contribution in [-0.4, -0.2) is 30.7 Å². The maximum absolute atomic E-state index is 12.8. The number of nitrogens with zero attached hydrogens (tertiary/aromatic N) is 1. The Morgan fingerprint density at radius 3 is 2.86 bits per heavy atom. The average molecular weight is 292 g/mol. The Labute approximate surface area is 119 Å². The number of aromatic nitrogens is 1. The monoisotopic (exact) mass is 292 g/mol. The van der Waals surface area contributed by atoms with E-state index in [4.69, 9.17) is 4.52 Å². The molecule has 0 saturated carbocycles. The van der Waals surface area contributed by atoms with Crippen molar-refractivity contribution < 1.29 is 23.2 Å². The SMILES string of the molecule is O=COCCCNC(=O)c1cc(-c2ccc(F)cc2)on1. The zero-order chi connectivity index (χ0) is 15.1. The van der Waals surface area contributed by atoms with Crippen LogP contribution in [-0.2, 0) is 9.53 Å². The van der Waals surface area contributed by atoms with Gasteiger partial charge in [-0.05, 0) is 30.7 Å². The van der Waals surface area contributed by atoms with Gasteiger partial charge in [-0.15, -0.1) is 0 Å². The minimum Gasteiger partial charge on any atom is -0.468 e. The third-order valence-corrected chi connectivity index (χ3v) is 2.66. The number of carbonyl (C=O) groups is 2. The van der Waals surface area contributed by atoms with E-state index >= 15 is 0 Å². The third kappa shape index (κ3) is 4.13. The summed E-state index contributed by atoms with van der Waals surface area (Å²) in [6, 6.07) is 7.14. The van der Waals surface area contributed by atoms with E-state index in [1.54, 1.807) is 0 Å². The number of benzene rings is 1. The molecule has 21 heavy (non-hydrogen) atoms. The molecule has 6 nitrogen and oxygen atoms in total. The van der Waals surface area contributed by atoms with E-state index < -0.39 is 5.91 Å². The molecule has 0 atom stereocenters. The van der Waals surface area contributed by atoms with Gasteiger partial charge >= 0.3 is 0 Å². The van der Waals surface area contributed by atoms with E-state index in [0.717, 1.165) is 0 Å². The largest absolute Gasteiger partial charge is 0.468 e. The zero-order valence-corrected chi connectivity index (χ0v) is 11.0. The lowest BCUT2D eigenvalue weighted by Crippen LogP contribution is -2.25. The van der Waals surface area contributed by atoms with E-state index in [1.165, 1.54) is 30.3 Å². The molecule has 1 amide bonds. The lowest BCUT2D eigenvalue weighted by molar-refractivity contribution is -0.128. The number of rotatable bonds is 7. The quantitative estimate of drug-likeness (QED) is 0.621. The van der Waals surface area contributed by atoms with Gasteiger partial charge in [0.15, 0.2) is 11.5 Å². The summed E-state index contributed by atoms with van der Waals surface area (Å²) < 4.78 is 22.4. The standard InChI is InChI=1S/C14H13FN2O4/c15-11-4-2-10(3-5-11)13-8-12(17-21-13)14(19)16-6-1-7-20-9-18/h2-5,8-9H,1,6-7H2,(H,16,19). The topological polar surface area (TPSA) is 81.4 Å². The van der Waals surface area contributed by atoms with Gasteiger partial charge in [-0.3, -0.25) is 9.59 Å². The molecule has 2 rings (SSSR count). The first kappa shape index (κ1) is 14.7. The number of carbonyl (C=O) groups excluding carboxylic acids is 2. The molecule has 0 saturated heterocycles. The fourth-order valence-electron chi connectivity index (χ4n) is 1.63. The van der Waals surface area contributed by atoms with Gasteiger partial charge in [-0.2, -0.15) is 0 Å². The summed E-state index contributed by atoms with van der Waals surface area (Å²) in [6.45, 7) is 0.948. The second-order valence-electron chi connectivity index (χ2n) is 4.16. The van der Waals surface area contributed by atoms with Gasteiger partial charge in [0.2, 0.25) is 0 Å². The van der Waals surface area contributed by atoms with Crippen molar-refractivity contribution in [1.29, 1.82) is 0 Å². The Hall–Kier alpha value is -2.70. The highest BCUT2D eigenvalue weighted by Gasteiger charge is 2.13. The van der Waals surface area contributed by atoms with E-state index in [9.17, 15) is 14.0 Å². The first-order valence-corrected chi connectivity index (χ1v) is 6.27. The second kappa shape index (κ2) is 7.18. The molecule has 0 aliphatic carbocycles. The Balaban J connectivity index is 1.91. The van der Waals surface area contributed by atoms with Crippen LogP contribution in [0, 0.1) is 5.82 Å². The third-order valence-electron chi connectivity index (χ3n) is 2.66. The van der Waals surface area contributed by atoms with Gasteiger partial charge in [0.1, 0.15) is 5.82 Å². The van der Waals surface area contributed by atoms with Crippen LogP contribution in [0.3, 0.4) is 0 Å².